The van der Waals surface area contributed by atoms with E-state index < -0.39 is 5.97 Å². The number of aliphatic carboxylic acids is 1. The van der Waals surface area contributed by atoms with Gasteiger partial charge in [-0.3, -0.25) is 9.59 Å². The average Bonchev–Trinajstić information content (AvgIpc) is 2.10. The molecule has 0 aliphatic carbocycles. The Balaban J connectivity index is 3.92. The van der Waals surface area contributed by atoms with Crippen LogP contribution in [0, 0.1) is 5.41 Å². The average molecular weight is 258 g/mol. The van der Waals surface area contributed by atoms with Crippen molar-refractivity contribution >= 4 is 11.9 Å². The molecule has 0 aromatic rings. The molecule has 2 atom stereocenters. The maximum Gasteiger partial charge on any atom is 0.303 e. The molecule has 0 aliphatic rings. The van der Waals surface area contributed by atoms with Gasteiger partial charge in [0.25, 0.3) is 0 Å². The van der Waals surface area contributed by atoms with Gasteiger partial charge in [0.05, 0.1) is 0 Å². The number of carbonyl (C=O) groups is 2. The molecule has 4 N–H and O–H groups in total. The molecule has 0 aromatic carbocycles. The number of hydrogen-bond acceptors (Lipinski definition) is 3. The number of rotatable bonds is 7. The Bertz CT molecular complexity index is 284. The van der Waals surface area contributed by atoms with Gasteiger partial charge in [0, 0.05) is 24.9 Å². The lowest BCUT2D eigenvalue weighted by Gasteiger charge is -2.23. The van der Waals surface area contributed by atoms with Gasteiger partial charge in [0.15, 0.2) is 0 Å². The molecule has 0 saturated heterocycles. The third kappa shape index (κ3) is 10.1. The Morgan fingerprint density at radius 1 is 1.33 bits per heavy atom. The number of nitrogens with one attached hydrogen (secondary N) is 1. The molecule has 0 aromatic heterocycles. The van der Waals surface area contributed by atoms with E-state index in [4.69, 9.17) is 10.8 Å². The molecule has 0 bridgehead atoms. The van der Waals surface area contributed by atoms with Crippen LogP contribution in [0.15, 0.2) is 0 Å². The number of carboxylic acids is 1. The largest absolute Gasteiger partial charge is 0.481 e. The zero-order chi connectivity index (χ0) is 14.3. The van der Waals surface area contributed by atoms with E-state index in [2.05, 4.69) is 26.1 Å². The first kappa shape index (κ1) is 16.9. The van der Waals surface area contributed by atoms with Crippen molar-refractivity contribution in [3.8, 4) is 0 Å². The topological polar surface area (TPSA) is 92.4 Å². The molecule has 1 amide bonds. The van der Waals surface area contributed by atoms with Gasteiger partial charge >= 0.3 is 5.97 Å². The molecule has 0 spiro atoms. The molecule has 0 fully saturated rings. The van der Waals surface area contributed by atoms with Crippen LogP contribution in [0.3, 0.4) is 0 Å². The summed E-state index contributed by atoms with van der Waals surface area (Å²) >= 11 is 0. The van der Waals surface area contributed by atoms with Crippen LogP contribution in [0.1, 0.15) is 53.4 Å². The molecule has 106 valence electrons. The molecule has 0 heterocycles. The second-order valence-corrected chi connectivity index (χ2v) is 6.13. The molecule has 0 rings (SSSR count). The standard InChI is InChI=1S/C13H26N2O3/c1-9(5-6-12(17)18)15-11(16)7-10(14)8-13(2,3)4/h9-10H,5-8,14H2,1-4H3,(H,15,16)(H,17,18). The second-order valence-electron chi connectivity index (χ2n) is 6.13. The minimum atomic E-state index is -0.847. The summed E-state index contributed by atoms with van der Waals surface area (Å²) in [5, 5.41) is 11.3. The molecule has 0 aliphatic heterocycles. The number of amides is 1. The lowest BCUT2D eigenvalue weighted by atomic mass is 9.87. The van der Waals surface area contributed by atoms with E-state index in [0.29, 0.717) is 6.42 Å². The van der Waals surface area contributed by atoms with Crippen molar-refractivity contribution in [2.75, 3.05) is 0 Å². The zero-order valence-electron chi connectivity index (χ0n) is 11.8. The zero-order valence-corrected chi connectivity index (χ0v) is 11.8. The fraction of sp³-hybridized carbons (Fsp3) is 0.846. The normalized spacial score (nSPS) is 14.9. The van der Waals surface area contributed by atoms with Crippen LogP contribution in [0.2, 0.25) is 0 Å². The quantitative estimate of drug-likeness (QED) is 0.645. The molecule has 5 nitrogen and oxygen atoms in total. The Hall–Kier alpha value is -1.10. The third-order valence-corrected chi connectivity index (χ3v) is 2.52. The van der Waals surface area contributed by atoms with E-state index >= 15 is 0 Å². The first-order valence-electron chi connectivity index (χ1n) is 6.37. The summed E-state index contributed by atoms with van der Waals surface area (Å²) in [4.78, 5) is 22.0. The Morgan fingerprint density at radius 2 is 1.89 bits per heavy atom. The van der Waals surface area contributed by atoms with Crippen LogP contribution in [-0.2, 0) is 9.59 Å². The number of hydrogen-bond donors (Lipinski definition) is 3. The first-order chi connectivity index (χ1) is 8.10. The van der Waals surface area contributed by atoms with Crippen LogP contribution in [0.5, 0.6) is 0 Å². The summed E-state index contributed by atoms with van der Waals surface area (Å²) in [5.74, 6) is -0.954. The highest BCUT2D eigenvalue weighted by Crippen LogP contribution is 2.20. The highest BCUT2D eigenvalue weighted by molar-refractivity contribution is 5.77. The Kier molecular flexibility index (Phi) is 6.91. The predicted octanol–water partition coefficient (Wildman–Crippen LogP) is 1.51. The maximum atomic E-state index is 11.7. The Labute approximate surface area is 109 Å². The lowest BCUT2D eigenvalue weighted by Crippen LogP contribution is -2.38. The van der Waals surface area contributed by atoms with Gasteiger partial charge in [-0.25, -0.2) is 0 Å². The summed E-state index contributed by atoms with van der Waals surface area (Å²) in [5.41, 5.74) is 6.01. The van der Waals surface area contributed by atoms with E-state index in [0.717, 1.165) is 6.42 Å². The van der Waals surface area contributed by atoms with Gasteiger partial charge in [-0.2, -0.15) is 0 Å². The van der Waals surface area contributed by atoms with Gasteiger partial charge < -0.3 is 16.2 Å². The van der Waals surface area contributed by atoms with Gasteiger partial charge in [-0.15, -0.1) is 0 Å². The van der Waals surface area contributed by atoms with E-state index in [-0.39, 0.29) is 36.2 Å². The Morgan fingerprint density at radius 3 is 2.33 bits per heavy atom. The predicted molar refractivity (Wildman–Crippen MR) is 71.1 cm³/mol. The molecule has 2 unspecified atom stereocenters. The van der Waals surface area contributed by atoms with E-state index in [9.17, 15) is 9.59 Å². The van der Waals surface area contributed by atoms with E-state index in [1.807, 2.05) is 0 Å². The van der Waals surface area contributed by atoms with Crippen molar-refractivity contribution in [3.63, 3.8) is 0 Å². The van der Waals surface area contributed by atoms with Crippen molar-refractivity contribution in [2.24, 2.45) is 11.1 Å². The summed E-state index contributed by atoms with van der Waals surface area (Å²) in [6.45, 7) is 8.05. The van der Waals surface area contributed by atoms with Crippen LogP contribution in [-0.4, -0.2) is 29.1 Å². The van der Waals surface area contributed by atoms with Gasteiger partial charge in [0.2, 0.25) is 5.91 Å². The van der Waals surface area contributed by atoms with Gasteiger partial charge in [-0.1, -0.05) is 20.8 Å². The number of carboxylic acid groups (broad SMARTS) is 1. The minimum Gasteiger partial charge on any atom is -0.481 e. The van der Waals surface area contributed by atoms with Crippen molar-refractivity contribution in [2.45, 2.75) is 65.5 Å². The first-order valence-corrected chi connectivity index (χ1v) is 6.37. The number of carbonyl (C=O) groups excluding carboxylic acids is 1. The van der Waals surface area contributed by atoms with Crippen LogP contribution < -0.4 is 11.1 Å². The highest BCUT2D eigenvalue weighted by atomic mass is 16.4. The van der Waals surface area contributed by atoms with Crippen LogP contribution in [0.4, 0.5) is 0 Å². The SMILES string of the molecule is CC(CCC(=O)O)NC(=O)CC(N)CC(C)(C)C. The minimum absolute atomic E-state index is 0.0650. The maximum absolute atomic E-state index is 11.7. The van der Waals surface area contributed by atoms with Crippen molar-refractivity contribution in [1.82, 2.24) is 5.32 Å². The fourth-order valence-electron chi connectivity index (χ4n) is 1.84. The molecule has 5 heteroatoms. The fourth-order valence-corrected chi connectivity index (χ4v) is 1.84. The summed E-state index contributed by atoms with van der Waals surface area (Å²) < 4.78 is 0. The molecular weight excluding hydrogens is 232 g/mol. The highest BCUT2D eigenvalue weighted by Gasteiger charge is 2.18. The van der Waals surface area contributed by atoms with Crippen LogP contribution >= 0.6 is 0 Å². The van der Waals surface area contributed by atoms with Crippen molar-refractivity contribution < 1.29 is 14.7 Å². The lowest BCUT2D eigenvalue weighted by molar-refractivity contribution is -0.137. The number of nitrogens with two attached hydrogens (primary N) is 1. The van der Waals surface area contributed by atoms with Crippen LogP contribution in [0.25, 0.3) is 0 Å². The van der Waals surface area contributed by atoms with Gasteiger partial charge in [0.1, 0.15) is 0 Å². The van der Waals surface area contributed by atoms with Gasteiger partial charge in [-0.05, 0) is 25.2 Å². The summed E-state index contributed by atoms with van der Waals surface area (Å²) in [6.07, 6.45) is 1.57. The molecule has 18 heavy (non-hydrogen) atoms. The van der Waals surface area contributed by atoms with E-state index in [1.54, 1.807) is 6.92 Å². The molecule has 0 saturated carbocycles. The molecular formula is C13H26N2O3. The smallest absolute Gasteiger partial charge is 0.303 e. The molecule has 0 radical (unpaired) electrons. The summed E-state index contributed by atoms with van der Waals surface area (Å²) in [6, 6.07) is -0.285. The second kappa shape index (κ2) is 7.36. The summed E-state index contributed by atoms with van der Waals surface area (Å²) in [7, 11) is 0. The van der Waals surface area contributed by atoms with E-state index in [1.165, 1.54) is 0 Å². The third-order valence-electron chi connectivity index (χ3n) is 2.52. The van der Waals surface area contributed by atoms with Crippen molar-refractivity contribution in [3.05, 3.63) is 0 Å². The monoisotopic (exact) mass is 258 g/mol. The van der Waals surface area contributed by atoms with Crippen molar-refractivity contribution in [1.29, 1.82) is 0 Å².